The van der Waals surface area contributed by atoms with Gasteiger partial charge in [-0.25, -0.2) is 14.2 Å². The normalized spacial score (nSPS) is 11.4. The van der Waals surface area contributed by atoms with Crippen LogP contribution in [0, 0.1) is 5.82 Å². The van der Waals surface area contributed by atoms with E-state index >= 15 is 0 Å². The van der Waals surface area contributed by atoms with Gasteiger partial charge in [0.1, 0.15) is 29.6 Å². The summed E-state index contributed by atoms with van der Waals surface area (Å²) in [6, 6.07) is 15.8. The van der Waals surface area contributed by atoms with Gasteiger partial charge in [-0.15, -0.1) is 0 Å². The number of hydrogen-bond donors (Lipinski definition) is 3. The Kier molecular flexibility index (Phi) is 6.86. The van der Waals surface area contributed by atoms with Crippen LogP contribution in [0.15, 0.2) is 82.1 Å². The zero-order chi connectivity index (χ0) is 28.4. The third-order valence-electron chi connectivity index (χ3n) is 5.80. The molecule has 2 aromatic carbocycles. The maximum absolute atomic E-state index is 13.2. The number of aromatic amines is 1. The molecule has 40 heavy (non-hydrogen) atoms. The lowest BCUT2D eigenvalue weighted by Gasteiger charge is -2.05. The third-order valence-corrected chi connectivity index (χ3v) is 5.80. The summed E-state index contributed by atoms with van der Waals surface area (Å²) >= 11 is 0. The van der Waals surface area contributed by atoms with Crippen molar-refractivity contribution in [1.82, 2.24) is 25.0 Å². The van der Waals surface area contributed by atoms with Crippen molar-refractivity contribution in [3.8, 4) is 22.6 Å². The largest absolute Gasteiger partial charge is 0.476 e. The minimum atomic E-state index is -3.01. The molecule has 0 fully saturated rings. The van der Waals surface area contributed by atoms with E-state index in [1.54, 1.807) is 6.20 Å². The summed E-state index contributed by atoms with van der Waals surface area (Å²) in [7, 11) is 0. The minimum Gasteiger partial charge on any atom is -0.476 e. The molecule has 4 heterocycles. The number of aromatic nitrogens is 5. The van der Waals surface area contributed by atoms with E-state index in [0.29, 0.717) is 22.8 Å². The number of nitrogen functional groups attached to an aromatic ring is 1. The minimum absolute atomic E-state index is 0.127. The second-order valence-corrected chi connectivity index (χ2v) is 8.72. The molecule has 204 valence electrons. The van der Waals surface area contributed by atoms with Crippen molar-refractivity contribution in [1.29, 1.82) is 0 Å². The molecule has 4 aromatic heterocycles. The van der Waals surface area contributed by atoms with Crippen LogP contribution in [0.2, 0.25) is 0 Å². The number of aromatic carboxylic acids is 1. The van der Waals surface area contributed by atoms with E-state index in [-0.39, 0.29) is 23.8 Å². The predicted octanol–water partition coefficient (Wildman–Crippen LogP) is 5.94. The van der Waals surface area contributed by atoms with Gasteiger partial charge in [0.2, 0.25) is 0 Å². The molecular formula is C27H21F3N6O4. The van der Waals surface area contributed by atoms with Gasteiger partial charge < -0.3 is 24.7 Å². The van der Waals surface area contributed by atoms with Crippen LogP contribution in [0.3, 0.4) is 0 Å². The summed E-state index contributed by atoms with van der Waals surface area (Å²) in [5.74, 6) is -3.99. The molecule has 0 aliphatic rings. The van der Waals surface area contributed by atoms with Gasteiger partial charge in [0.05, 0.1) is 11.8 Å². The molecule has 0 unspecified atom stereocenters. The molecule has 0 amide bonds. The van der Waals surface area contributed by atoms with E-state index in [2.05, 4.69) is 20.2 Å². The number of hydrogen-bond acceptors (Lipinski definition) is 7. The fourth-order valence-electron chi connectivity index (χ4n) is 3.97. The lowest BCUT2D eigenvalue weighted by atomic mass is 10.1. The second-order valence-electron chi connectivity index (χ2n) is 8.72. The summed E-state index contributed by atoms with van der Waals surface area (Å²) in [5.41, 5.74) is 8.64. The maximum atomic E-state index is 13.2. The van der Waals surface area contributed by atoms with Crippen molar-refractivity contribution < 1.29 is 31.9 Å². The van der Waals surface area contributed by atoms with Gasteiger partial charge >= 0.3 is 11.9 Å². The third kappa shape index (κ3) is 5.43. The van der Waals surface area contributed by atoms with E-state index in [1.165, 1.54) is 41.2 Å². The van der Waals surface area contributed by atoms with Gasteiger partial charge in [0, 0.05) is 23.4 Å². The van der Waals surface area contributed by atoms with Gasteiger partial charge in [-0.2, -0.15) is 23.8 Å². The summed E-state index contributed by atoms with van der Waals surface area (Å²) in [6.07, 6.45) is 2.63. The van der Waals surface area contributed by atoms with Gasteiger partial charge in [-0.3, -0.25) is 0 Å². The van der Waals surface area contributed by atoms with Crippen molar-refractivity contribution in [2.75, 3.05) is 5.73 Å². The first kappa shape index (κ1) is 26.3. The van der Waals surface area contributed by atoms with Crippen LogP contribution in [0.25, 0.3) is 33.5 Å². The highest BCUT2D eigenvalue weighted by atomic mass is 19.3. The average molecular weight is 550 g/mol. The van der Waals surface area contributed by atoms with Crippen LogP contribution >= 0.6 is 0 Å². The Morgan fingerprint density at radius 1 is 1.12 bits per heavy atom. The first-order valence-corrected chi connectivity index (χ1v) is 11.8. The number of carboxylic acid groups (broad SMARTS) is 1. The molecule has 6 aromatic rings. The molecule has 6 rings (SSSR count). The number of carboxylic acids is 1. The van der Waals surface area contributed by atoms with Crippen LogP contribution in [0.5, 0.6) is 0 Å². The van der Waals surface area contributed by atoms with Crippen LogP contribution < -0.4 is 5.73 Å². The average Bonchev–Trinajstić information content (AvgIpc) is 3.70. The molecule has 0 aliphatic carbocycles. The predicted molar refractivity (Wildman–Crippen MR) is 138 cm³/mol. The number of rotatable bonds is 6. The first-order valence-electron chi connectivity index (χ1n) is 11.8. The van der Waals surface area contributed by atoms with Crippen LogP contribution in [-0.4, -0.2) is 36.0 Å². The molecule has 0 aliphatic heterocycles. The molecule has 0 bridgehead atoms. The number of para-hydroxylation sites is 1. The van der Waals surface area contributed by atoms with Crippen molar-refractivity contribution in [2.45, 2.75) is 19.4 Å². The lowest BCUT2D eigenvalue weighted by molar-refractivity contribution is -0.00641. The van der Waals surface area contributed by atoms with Crippen molar-refractivity contribution in [3.05, 3.63) is 96.3 Å². The van der Waals surface area contributed by atoms with Crippen LogP contribution in [0.4, 0.5) is 19.0 Å². The van der Waals surface area contributed by atoms with Gasteiger partial charge in [-0.05, 0) is 42.5 Å². The number of furan rings is 1. The van der Waals surface area contributed by atoms with E-state index in [0.717, 1.165) is 29.8 Å². The number of halogens is 3. The van der Waals surface area contributed by atoms with Crippen molar-refractivity contribution in [2.24, 2.45) is 0 Å². The summed E-state index contributed by atoms with van der Waals surface area (Å²) in [5, 5.41) is 18.3. The fraction of sp³-hybridized carbons (Fsp3) is 0.111. The molecule has 4 N–H and O–H groups in total. The Morgan fingerprint density at radius 2 is 1.88 bits per heavy atom. The molecule has 10 nitrogen and oxygen atoms in total. The highest BCUT2D eigenvalue weighted by Gasteiger charge is 2.28. The van der Waals surface area contributed by atoms with E-state index in [9.17, 15) is 18.0 Å². The van der Waals surface area contributed by atoms with Crippen LogP contribution in [0.1, 0.15) is 28.9 Å². The van der Waals surface area contributed by atoms with E-state index < -0.39 is 17.7 Å². The van der Waals surface area contributed by atoms with Crippen molar-refractivity contribution >= 4 is 22.7 Å². The fourth-order valence-corrected chi connectivity index (χ4v) is 3.97. The highest BCUT2D eigenvalue weighted by Crippen LogP contribution is 2.33. The standard InChI is InChI=1S/C17H15F2N5O.C10H6FNO3/c1-17(18,19)14-7-6-10(25-14)9-24-21-8-13(23-24)15-11-4-2-3-5-12(11)22-16(15)20;11-7-3-1-6(2-4-7)9-8(10(13)14)12-5-15-9/h2-8,22H,9,20H2,1H3;1-5H,(H,13,14). The SMILES string of the molecule is CC(F)(F)c1ccc(Cn2ncc(-c3c(N)[nH]c4ccccc34)n2)o1.O=C(O)c1ncoc1-c1ccc(F)cc1. The smallest absolute Gasteiger partial charge is 0.358 e. The molecule has 0 atom stereocenters. The number of nitrogens with two attached hydrogens (primary N) is 1. The Hall–Kier alpha value is -5.33. The molecular weight excluding hydrogens is 529 g/mol. The molecule has 0 spiro atoms. The van der Waals surface area contributed by atoms with Crippen molar-refractivity contribution in [3.63, 3.8) is 0 Å². The number of carbonyl (C=O) groups is 1. The topological polar surface area (TPSA) is 149 Å². The summed E-state index contributed by atoms with van der Waals surface area (Å²) in [6.45, 7) is 0.942. The van der Waals surface area contributed by atoms with E-state index in [1.807, 2.05) is 24.3 Å². The van der Waals surface area contributed by atoms with Gasteiger partial charge in [0.15, 0.2) is 23.6 Å². The summed E-state index contributed by atoms with van der Waals surface area (Å²) in [4.78, 5) is 18.8. The molecule has 13 heteroatoms. The molecule has 0 saturated carbocycles. The quantitative estimate of drug-likeness (QED) is 0.231. The number of nitrogens with one attached hydrogen (secondary N) is 1. The number of oxazole rings is 1. The Morgan fingerprint density at radius 3 is 2.58 bits per heavy atom. The van der Waals surface area contributed by atoms with Gasteiger partial charge in [0.25, 0.3) is 0 Å². The number of H-pyrrole nitrogens is 1. The zero-order valence-corrected chi connectivity index (χ0v) is 20.8. The maximum Gasteiger partial charge on any atom is 0.358 e. The first-order chi connectivity index (χ1) is 19.1. The number of fused-ring (bicyclic) bond motifs is 1. The molecule has 0 radical (unpaired) electrons. The Balaban J connectivity index is 0.000000184. The van der Waals surface area contributed by atoms with E-state index in [4.69, 9.17) is 19.7 Å². The van der Waals surface area contributed by atoms with Gasteiger partial charge in [-0.1, -0.05) is 18.2 Å². The summed E-state index contributed by atoms with van der Waals surface area (Å²) < 4.78 is 49.2. The highest BCUT2D eigenvalue weighted by molar-refractivity contribution is 6.00. The monoisotopic (exact) mass is 550 g/mol. The Labute approximate surface area is 223 Å². The zero-order valence-electron chi connectivity index (χ0n) is 20.8. The number of benzene rings is 2. The molecule has 0 saturated heterocycles. The number of alkyl halides is 2. The second kappa shape index (κ2) is 10.4. The number of anilines is 1. The van der Waals surface area contributed by atoms with Crippen LogP contribution in [-0.2, 0) is 12.5 Å². The Bertz CT molecular complexity index is 1780. The number of nitrogens with zero attached hydrogens (tertiary/aromatic N) is 4. The lowest BCUT2D eigenvalue weighted by Crippen LogP contribution is -2.05.